The highest BCUT2D eigenvalue weighted by molar-refractivity contribution is 6.31. The molecule has 2 aromatic carbocycles. The number of rotatable bonds is 5. The number of aromatic nitrogens is 3. The lowest BCUT2D eigenvalue weighted by molar-refractivity contribution is -0.151. The standard InChI is InChI=1S/C37H45ClFN5O3/c1-21-6-7-26(32(39)12-21)27-15-23(44-18-25-14-24(44)19-46-25)16-28(27)34(45)43-10-8-37(9-11-43)30-17-31(38)22(2)13-29(30)33(47-37)36(3,4)35-40-20-41-42(35)5/h6-7,12-13,17,20,23-25,27-28,33H,8-11,14-16,18-19H2,1-5H3/t23-,24+,25+,27+,28-,33+/m1/s1. The van der Waals surface area contributed by atoms with Crippen LogP contribution >= 0.6 is 11.6 Å². The largest absolute Gasteiger partial charge is 0.375 e. The van der Waals surface area contributed by atoms with Crippen molar-refractivity contribution in [3.63, 3.8) is 0 Å². The van der Waals surface area contributed by atoms with Crippen LogP contribution in [-0.2, 0) is 32.3 Å². The SMILES string of the molecule is Cc1ccc([C@@H]2C[C@@H](N3C[C@@H]4C[C@H]3CO4)C[C@H]2C(=O)N2CCC3(CC2)O[C@H](C(C)(C)c2ncnn2C)c2cc(C)c(Cl)cc23)c(F)c1. The second-order valence-corrected chi connectivity index (χ2v) is 15.7. The van der Waals surface area contributed by atoms with Gasteiger partial charge in [0.1, 0.15) is 18.0 Å². The summed E-state index contributed by atoms with van der Waals surface area (Å²) in [6.07, 6.45) is 5.58. The summed E-state index contributed by atoms with van der Waals surface area (Å²) in [4.78, 5) is 23.7. The van der Waals surface area contributed by atoms with Gasteiger partial charge in [-0.05, 0) is 106 Å². The topological polar surface area (TPSA) is 72.7 Å². The first-order chi connectivity index (χ1) is 22.4. The average molecular weight is 662 g/mol. The molecule has 1 spiro atoms. The third-order valence-electron chi connectivity index (χ3n) is 12.1. The molecule has 0 N–H and O–H groups in total. The van der Waals surface area contributed by atoms with Crippen molar-refractivity contribution in [2.75, 3.05) is 26.2 Å². The summed E-state index contributed by atoms with van der Waals surface area (Å²) in [6, 6.07) is 10.4. The monoisotopic (exact) mass is 661 g/mol. The normalized spacial score (nSPS) is 30.1. The molecule has 4 fully saturated rings. The highest BCUT2D eigenvalue weighted by atomic mass is 35.5. The molecule has 8 rings (SSSR count). The summed E-state index contributed by atoms with van der Waals surface area (Å²) < 4.78 is 30.4. The summed E-state index contributed by atoms with van der Waals surface area (Å²) in [6.45, 7) is 11.1. The van der Waals surface area contributed by atoms with E-state index in [0.29, 0.717) is 37.5 Å². The van der Waals surface area contributed by atoms with Gasteiger partial charge >= 0.3 is 0 Å². The molecule has 3 aromatic rings. The molecule has 0 unspecified atom stereocenters. The Bertz CT molecular complexity index is 1720. The first-order valence-electron chi connectivity index (χ1n) is 17.2. The van der Waals surface area contributed by atoms with Crippen LogP contribution in [0, 0.1) is 25.6 Å². The molecule has 10 heteroatoms. The van der Waals surface area contributed by atoms with E-state index in [0.717, 1.165) is 65.5 Å². The third kappa shape index (κ3) is 5.06. The zero-order chi connectivity index (χ0) is 32.8. The van der Waals surface area contributed by atoms with Crippen molar-refractivity contribution in [3.05, 3.63) is 81.1 Å². The second-order valence-electron chi connectivity index (χ2n) is 15.3. The van der Waals surface area contributed by atoms with E-state index in [-0.39, 0.29) is 41.8 Å². The molecule has 1 aromatic heterocycles. The lowest BCUT2D eigenvalue weighted by atomic mass is 9.78. The van der Waals surface area contributed by atoms with Crippen LogP contribution < -0.4 is 0 Å². The zero-order valence-corrected chi connectivity index (χ0v) is 28.8. The van der Waals surface area contributed by atoms with E-state index in [9.17, 15) is 4.79 Å². The number of aryl methyl sites for hydroxylation is 3. The molecule has 1 amide bonds. The molecule has 47 heavy (non-hydrogen) atoms. The molecule has 5 aliphatic rings. The fourth-order valence-electron chi connectivity index (χ4n) is 9.62. The van der Waals surface area contributed by atoms with Crippen LogP contribution in [0.2, 0.25) is 5.02 Å². The Morgan fingerprint density at radius 1 is 1.06 bits per heavy atom. The minimum atomic E-state index is -0.556. The average Bonchev–Trinajstić information content (AvgIpc) is 3.88. The Labute approximate surface area is 281 Å². The molecule has 1 aliphatic carbocycles. The van der Waals surface area contributed by atoms with Crippen LogP contribution in [0.25, 0.3) is 0 Å². The minimum absolute atomic E-state index is 0.143. The number of carbonyl (C=O) groups is 1. The molecular weight excluding hydrogens is 617 g/mol. The van der Waals surface area contributed by atoms with Gasteiger partial charge in [0.05, 0.1) is 29.8 Å². The Kier molecular flexibility index (Phi) is 7.59. The highest BCUT2D eigenvalue weighted by Crippen LogP contribution is 2.56. The van der Waals surface area contributed by atoms with Crippen molar-refractivity contribution in [3.8, 4) is 0 Å². The minimum Gasteiger partial charge on any atom is -0.375 e. The fraction of sp³-hybridized carbons (Fsp3) is 0.595. The lowest BCUT2D eigenvalue weighted by Gasteiger charge is -2.42. The number of ether oxygens (including phenoxy) is 2. The third-order valence-corrected chi connectivity index (χ3v) is 12.5. The predicted octanol–water partition coefficient (Wildman–Crippen LogP) is 6.13. The van der Waals surface area contributed by atoms with Gasteiger partial charge in [-0.15, -0.1) is 0 Å². The number of hydrogen-bond donors (Lipinski definition) is 0. The number of amides is 1. The van der Waals surface area contributed by atoms with Crippen molar-refractivity contribution >= 4 is 17.5 Å². The maximum atomic E-state index is 15.5. The van der Waals surface area contributed by atoms with Crippen LogP contribution in [0.1, 0.15) is 91.6 Å². The van der Waals surface area contributed by atoms with Crippen LogP contribution in [-0.4, -0.2) is 74.9 Å². The van der Waals surface area contributed by atoms with Crippen LogP contribution in [0.3, 0.4) is 0 Å². The zero-order valence-electron chi connectivity index (χ0n) is 28.0. The van der Waals surface area contributed by atoms with Gasteiger partial charge in [-0.3, -0.25) is 14.4 Å². The van der Waals surface area contributed by atoms with Gasteiger partial charge in [-0.25, -0.2) is 9.37 Å². The molecule has 1 saturated carbocycles. The van der Waals surface area contributed by atoms with E-state index in [4.69, 9.17) is 21.1 Å². The molecule has 250 valence electrons. The lowest BCUT2D eigenvalue weighted by Crippen LogP contribution is -2.48. The number of benzene rings is 2. The fourth-order valence-corrected chi connectivity index (χ4v) is 9.78. The molecular formula is C37H45ClFN5O3. The van der Waals surface area contributed by atoms with Gasteiger partial charge in [-0.1, -0.05) is 29.8 Å². The number of fused-ring (bicyclic) bond motifs is 4. The first kappa shape index (κ1) is 31.4. The van der Waals surface area contributed by atoms with Crippen molar-refractivity contribution in [2.24, 2.45) is 13.0 Å². The number of hydrogen-bond acceptors (Lipinski definition) is 6. The molecule has 3 saturated heterocycles. The maximum absolute atomic E-state index is 15.5. The van der Waals surface area contributed by atoms with Gasteiger partial charge in [0, 0.05) is 49.7 Å². The number of nitrogens with zero attached hydrogens (tertiary/aromatic N) is 5. The first-order valence-corrected chi connectivity index (χ1v) is 17.6. The second kappa shape index (κ2) is 11.4. The Morgan fingerprint density at radius 2 is 1.85 bits per heavy atom. The number of piperidine rings is 1. The summed E-state index contributed by atoms with van der Waals surface area (Å²) in [7, 11) is 1.91. The number of halogens is 2. The van der Waals surface area contributed by atoms with E-state index < -0.39 is 11.0 Å². The van der Waals surface area contributed by atoms with Gasteiger partial charge < -0.3 is 14.4 Å². The van der Waals surface area contributed by atoms with Crippen LogP contribution in [0.15, 0.2) is 36.7 Å². The van der Waals surface area contributed by atoms with Crippen LogP contribution in [0.5, 0.6) is 0 Å². The Hall–Kier alpha value is -2.85. The smallest absolute Gasteiger partial charge is 0.226 e. The summed E-state index contributed by atoms with van der Waals surface area (Å²) in [5, 5.41) is 5.07. The Morgan fingerprint density at radius 3 is 2.51 bits per heavy atom. The highest BCUT2D eigenvalue weighted by Gasteiger charge is 2.54. The number of likely N-dealkylation sites (tertiary alicyclic amines) is 2. The number of morpholine rings is 1. The molecule has 4 aliphatic heterocycles. The van der Waals surface area contributed by atoms with Crippen LogP contribution in [0.4, 0.5) is 4.39 Å². The molecule has 6 atom stereocenters. The predicted molar refractivity (Wildman–Crippen MR) is 177 cm³/mol. The van der Waals surface area contributed by atoms with Crippen molar-refractivity contribution < 1.29 is 18.7 Å². The van der Waals surface area contributed by atoms with E-state index in [1.165, 1.54) is 0 Å². The summed E-state index contributed by atoms with van der Waals surface area (Å²) in [5.41, 5.74) is 3.83. The Balaban J connectivity index is 1.06. The van der Waals surface area contributed by atoms with Crippen molar-refractivity contribution in [1.29, 1.82) is 0 Å². The van der Waals surface area contributed by atoms with E-state index in [2.05, 4.69) is 41.0 Å². The number of carbonyl (C=O) groups excluding carboxylic acids is 1. The molecule has 8 nitrogen and oxygen atoms in total. The molecule has 5 heterocycles. The van der Waals surface area contributed by atoms with Gasteiger partial charge in [0.2, 0.25) is 5.91 Å². The molecule has 2 bridgehead atoms. The van der Waals surface area contributed by atoms with Crippen molar-refractivity contribution in [1.82, 2.24) is 24.6 Å². The van der Waals surface area contributed by atoms with E-state index in [1.807, 2.05) is 42.6 Å². The van der Waals surface area contributed by atoms with E-state index >= 15 is 4.39 Å². The van der Waals surface area contributed by atoms with Gasteiger partial charge in [0.15, 0.2) is 0 Å². The summed E-state index contributed by atoms with van der Waals surface area (Å²) in [5.74, 6) is 0.392. The summed E-state index contributed by atoms with van der Waals surface area (Å²) >= 11 is 6.75. The molecule has 0 radical (unpaired) electrons. The van der Waals surface area contributed by atoms with Gasteiger partial charge in [-0.2, -0.15) is 5.10 Å². The van der Waals surface area contributed by atoms with Gasteiger partial charge in [0.25, 0.3) is 0 Å². The maximum Gasteiger partial charge on any atom is 0.226 e. The quantitative estimate of drug-likeness (QED) is 0.328. The van der Waals surface area contributed by atoms with E-state index in [1.54, 1.807) is 12.4 Å². The van der Waals surface area contributed by atoms with Crippen molar-refractivity contribution in [2.45, 2.75) is 101 Å².